The first-order valence-electron chi connectivity index (χ1n) is 10.1. The number of nitrogens with zero attached hydrogens (tertiary/aromatic N) is 1. The highest BCUT2D eigenvalue weighted by molar-refractivity contribution is 5.68. The van der Waals surface area contributed by atoms with Crippen molar-refractivity contribution < 1.29 is 44.2 Å². The van der Waals surface area contributed by atoms with Crippen molar-refractivity contribution in [2.45, 2.75) is 63.6 Å². The van der Waals surface area contributed by atoms with Crippen LogP contribution in [0.4, 0.5) is 4.79 Å². The number of benzene rings is 1. The third-order valence-corrected chi connectivity index (χ3v) is 4.68. The molecule has 1 aliphatic rings. The van der Waals surface area contributed by atoms with E-state index in [1.54, 1.807) is 40.0 Å². The Labute approximate surface area is 181 Å². The molecule has 10 nitrogen and oxygen atoms in total. The van der Waals surface area contributed by atoms with Gasteiger partial charge in [0.05, 0.1) is 20.3 Å². The van der Waals surface area contributed by atoms with E-state index in [1.807, 2.05) is 12.1 Å². The van der Waals surface area contributed by atoms with Gasteiger partial charge in [-0.2, -0.15) is 0 Å². The van der Waals surface area contributed by atoms with Crippen molar-refractivity contribution in [1.29, 1.82) is 0 Å². The molecule has 31 heavy (non-hydrogen) atoms. The van der Waals surface area contributed by atoms with Crippen LogP contribution in [0.2, 0.25) is 0 Å². The van der Waals surface area contributed by atoms with Gasteiger partial charge in [0.15, 0.2) is 6.29 Å². The molecule has 1 aromatic carbocycles. The van der Waals surface area contributed by atoms with Crippen molar-refractivity contribution in [3.8, 4) is 5.75 Å². The molecule has 4 N–H and O–H groups in total. The molecule has 1 saturated heterocycles. The first-order valence-corrected chi connectivity index (χ1v) is 10.1. The monoisotopic (exact) mass is 443 g/mol. The van der Waals surface area contributed by atoms with E-state index >= 15 is 0 Å². The summed E-state index contributed by atoms with van der Waals surface area (Å²) in [5.41, 5.74) is 0.160. The second-order valence-electron chi connectivity index (χ2n) is 8.32. The average molecular weight is 443 g/mol. The predicted octanol–water partition coefficient (Wildman–Crippen LogP) is 0.249. The van der Waals surface area contributed by atoms with Crippen LogP contribution in [0.3, 0.4) is 0 Å². The van der Waals surface area contributed by atoms with Gasteiger partial charge in [0, 0.05) is 13.1 Å². The zero-order chi connectivity index (χ0) is 23.2. The zero-order valence-corrected chi connectivity index (χ0v) is 18.3. The number of aliphatic hydroxyl groups is 4. The van der Waals surface area contributed by atoms with Gasteiger partial charge in [0.25, 0.3) is 0 Å². The molecule has 1 heterocycles. The number of aliphatic hydroxyl groups excluding tert-OH is 4. The molecule has 176 valence electrons. The van der Waals surface area contributed by atoms with Crippen LogP contribution in [0.1, 0.15) is 26.3 Å². The molecule has 1 fully saturated rings. The van der Waals surface area contributed by atoms with Crippen LogP contribution in [0.25, 0.3) is 0 Å². The van der Waals surface area contributed by atoms with Gasteiger partial charge in [-0.25, -0.2) is 4.79 Å². The maximum absolute atomic E-state index is 12.7. The first-order chi connectivity index (χ1) is 14.6. The van der Waals surface area contributed by atoms with Crippen LogP contribution in [0.15, 0.2) is 24.3 Å². The Hall–Kier alpha value is -1.95. The molecule has 0 spiro atoms. The van der Waals surface area contributed by atoms with Gasteiger partial charge in [-0.1, -0.05) is 12.1 Å². The van der Waals surface area contributed by atoms with Crippen molar-refractivity contribution in [2.24, 2.45) is 0 Å². The van der Waals surface area contributed by atoms with E-state index in [9.17, 15) is 25.2 Å². The predicted molar refractivity (Wildman–Crippen MR) is 109 cm³/mol. The number of ether oxygens (including phenoxy) is 4. The molecule has 0 aliphatic carbocycles. The zero-order valence-electron chi connectivity index (χ0n) is 18.3. The minimum Gasteiger partial charge on any atom is -0.497 e. The summed E-state index contributed by atoms with van der Waals surface area (Å²) in [5, 5.41) is 39.0. The lowest BCUT2D eigenvalue weighted by atomic mass is 9.99. The number of rotatable bonds is 8. The van der Waals surface area contributed by atoms with E-state index in [4.69, 9.17) is 18.9 Å². The largest absolute Gasteiger partial charge is 0.497 e. The smallest absolute Gasteiger partial charge is 0.410 e. The fraction of sp³-hybridized carbons (Fsp3) is 0.667. The molecule has 1 aromatic rings. The molecule has 1 aliphatic heterocycles. The molecular weight excluding hydrogens is 410 g/mol. The van der Waals surface area contributed by atoms with Gasteiger partial charge in [-0.15, -0.1) is 0 Å². The fourth-order valence-corrected chi connectivity index (χ4v) is 3.00. The van der Waals surface area contributed by atoms with Crippen LogP contribution in [-0.4, -0.2) is 94.6 Å². The highest BCUT2D eigenvalue weighted by Crippen LogP contribution is 2.22. The van der Waals surface area contributed by atoms with E-state index in [1.165, 1.54) is 4.90 Å². The summed E-state index contributed by atoms with van der Waals surface area (Å²) in [6.45, 7) is 5.06. The summed E-state index contributed by atoms with van der Waals surface area (Å²) in [6, 6.07) is 7.23. The van der Waals surface area contributed by atoms with Crippen LogP contribution in [0, 0.1) is 0 Å². The molecule has 1 unspecified atom stereocenters. The number of carbonyl (C=O) groups is 1. The summed E-state index contributed by atoms with van der Waals surface area (Å²) < 4.78 is 21.4. The van der Waals surface area contributed by atoms with E-state index in [2.05, 4.69) is 0 Å². The molecule has 10 heteroatoms. The van der Waals surface area contributed by atoms with Crippen molar-refractivity contribution in [3.63, 3.8) is 0 Å². The maximum atomic E-state index is 12.7. The van der Waals surface area contributed by atoms with Crippen LogP contribution in [0.5, 0.6) is 5.75 Å². The van der Waals surface area contributed by atoms with Gasteiger partial charge in [-0.3, -0.25) is 0 Å². The fourth-order valence-electron chi connectivity index (χ4n) is 3.00. The summed E-state index contributed by atoms with van der Waals surface area (Å²) in [7, 11) is 1.57. The molecule has 0 aromatic heterocycles. The maximum Gasteiger partial charge on any atom is 0.410 e. The lowest BCUT2D eigenvalue weighted by molar-refractivity contribution is -0.301. The van der Waals surface area contributed by atoms with E-state index in [0.29, 0.717) is 5.75 Å². The molecule has 0 saturated carbocycles. The molecule has 1 amide bonds. The first kappa shape index (κ1) is 25.3. The summed E-state index contributed by atoms with van der Waals surface area (Å²) in [6.07, 6.45) is -7.37. The summed E-state index contributed by atoms with van der Waals surface area (Å²) >= 11 is 0. The van der Waals surface area contributed by atoms with Gasteiger partial charge < -0.3 is 44.3 Å². The molecule has 0 bridgehead atoms. The second-order valence-corrected chi connectivity index (χ2v) is 8.32. The lowest BCUT2D eigenvalue weighted by Crippen LogP contribution is -2.59. The molecule has 2 rings (SSSR count). The van der Waals surface area contributed by atoms with Crippen molar-refractivity contribution in [2.75, 3.05) is 26.9 Å². The van der Waals surface area contributed by atoms with Gasteiger partial charge in [-0.05, 0) is 38.5 Å². The van der Waals surface area contributed by atoms with E-state index in [-0.39, 0.29) is 19.7 Å². The molecule has 0 radical (unpaired) electrons. The Morgan fingerprint density at radius 1 is 1.10 bits per heavy atom. The Balaban J connectivity index is 2.02. The van der Waals surface area contributed by atoms with E-state index in [0.717, 1.165) is 5.56 Å². The van der Waals surface area contributed by atoms with Crippen molar-refractivity contribution >= 4 is 6.09 Å². The highest BCUT2D eigenvalue weighted by Gasteiger charge is 2.44. The minimum absolute atomic E-state index is 0.0436. The van der Waals surface area contributed by atoms with E-state index < -0.39 is 49.0 Å². The Bertz CT molecular complexity index is 689. The normalized spacial score (nSPS) is 26.4. The van der Waals surface area contributed by atoms with Crippen LogP contribution >= 0.6 is 0 Å². The number of amides is 1. The number of hydrogen-bond acceptors (Lipinski definition) is 9. The Morgan fingerprint density at radius 3 is 2.29 bits per heavy atom. The van der Waals surface area contributed by atoms with Crippen molar-refractivity contribution in [3.05, 3.63) is 29.8 Å². The quantitative estimate of drug-likeness (QED) is 0.445. The Morgan fingerprint density at radius 2 is 1.74 bits per heavy atom. The lowest BCUT2D eigenvalue weighted by Gasteiger charge is -2.39. The number of carbonyl (C=O) groups excluding carboxylic acids is 1. The van der Waals surface area contributed by atoms with Crippen LogP contribution < -0.4 is 4.74 Å². The third kappa shape index (κ3) is 7.30. The highest BCUT2D eigenvalue weighted by atomic mass is 16.7. The summed E-state index contributed by atoms with van der Waals surface area (Å²) in [5.74, 6) is 0.693. The van der Waals surface area contributed by atoms with Gasteiger partial charge >= 0.3 is 6.09 Å². The topological polar surface area (TPSA) is 138 Å². The SMILES string of the molecule is COc1ccc(CN(CCO[C@@H]2OC(CO)[C@@H](O)[C@H](O)[C@H]2O)C(=O)OC(C)(C)C)cc1. The average Bonchev–Trinajstić information content (AvgIpc) is 2.72. The summed E-state index contributed by atoms with van der Waals surface area (Å²) in [4.78, 5) is 14.1. The standard InChI is InChI=1S/C21H33NO9/c1-21(2,3)31-20(27)22(11-13-5-7-14(28-4)8-6-13)9-10-29-19-18(26)17(25)16(24)15(12-23)30-19/h5-8,15-19,23-26H,9-12H2,1-4H3/t15?,16-,17+,18-,19-/m1/s1. The van der Waals surface area contributed by atoms with Crippen molar-refractivity contribution in [1.82, 2.24) is 4.90 Å². The van der Waals surface area contributed by atoms with Gasteiger partial charge in [0.1, 0.15) is 35.8 Å². The van der Waals surface area contributed by atoms with Crippen LogP contribution in [-0.2, 0) is 20.8 Å². The second kappa shape index (κ2) is 11.1. The molecule has 5 atom stereocenters. The third-order valence-electron chi connectivity index (χ3n) is 4.68. The molecular formula is C21H33NO9. The number of methoxy groups -OCH3 is 1. The van der Waals surface area contributed by atoms with Gasteiger partial charge in [0.2, 0.25) is 0 Å². The Kier molecular flexibility index (Phi) is 9.04. The number of hydrogen-bond donors (Lipinski definition) is 4. The minimum atomic E-state index is -1.53.